The predicted molar refractivity (Wildman–Crippen MR) is 78.1 cm³/mol. The number of likely N-dealkylation sites (tertiary alicyclic amines) is 1. The third-order valence-electron chi connectivity index (χ3n) is 3.84. The lowest BCUT2D eigenvalue weighted by molar-refractivity contribution is 0.191. The van der Waals surface area contributed by atoms with Gasteiger partial charge >= 0.3 is 0 Å². The number of hydrogen-bond acceptors (Lipinski definition) is 4. The Kier molecular flexibility index (Phi) is 5.15. The minimum absolute atomic E-state index is 0.374. The summed E-state index contributed by atoms with van der Waals surface area (Å²) >= 11 is 1.73. The Morgan fingerprint density at radius 1 is 1.50 bits per heavy atom. The molecular formula is C14H25N3S. The smallest absolute Gasteiger partial charge is 0.0898 e. The lowest BCUT2D eigenvalue weighted by atomic mass is 9.99. The standard InChI is InChI=1S/C14H25N3S/c1-11-4-7-17(8-5-11)9-6-15-12(2)14-10-18-13(3)16-14/h10-12,15H,4-9H2,1-3H3. The molecule has 0 radical (unpaired) electrons. The van der Waals surface area contributed by atoms with Gasteiger partial charge in [0.05, 0.1) is 10.7 Å². The van der Waals surface area contributed by atoms with Gasteiger partial charge in [0.1, 0.15) is 0 Å². The third-order valence-corrected chi connectivity index (χ3v) is 4.63. The van der Waals surface area contributed by atoms with Crippen molar-refractivity contribution in [3.05, 3.63) is 16.1 Å². The van der Waals surface area contributed by atoms with E-state index < -0.39 is 0 Å². The van der Waals surface area contributed by atoms with Crippen molar-refractivity contribution in [2.45, 2.75) is 39.7 Å². The second-order valence-corrected chi connectivity index (χ2v) is 6.55. The molecule has 2 heterocycles. The molecule has 1 atom stereocenters. The number of nitrogens with one attached hydrogen (secondary N) is 1. The molecule has 102 valence electrons. The zero-order valence-electron chi connectivity index (χ0n) is 11.8. The molecule has 4 heteroatoms. The second kappa shape index (κ2) is 6.64. The van der Waals surface area contributed by atoms with Crippen LogP contribution in [-0.4, -0.2) is 36.1 Å². The zero-order valence-corrected chi connectivity index (χ0v) is 12.6. The third kappa shape index (κ3) is 4.04. The highest BCUT2D eigenvalue weighted by Crippen LogP contribution is 2.17. The van der Waals surface area contributed by atoms with E-state index in [1.807, 2.05) is 0 Å². The molecule has 1 unspecified atom stereocenters. The summed E-state index contributed by atoms with van der Waals surface area (Å²) in [5, 5.41) is 6.89. The molecule has 0 saturated carbocycles. The fourth-order valence-corrected chi connectivity index (χ4v) is 3.11. The number of hydrogen-bond donors (Lipinski definition) is 1. The quantitative estimate of drug-likeness (QED) is 0.889. The molecule has 1 aliphatic heterocycles. The largest absolute Gasteiger partial charge is 0.308 e. The maximum atomic E-state index is 4.53. The fourth-order valence-electron chi connectivity index (χ4n) is 2.41. The van der Waals surface area contributed by atoms with Crippen molar-refractivity contribution >= 4 is 11.3 Å². The SMILES string of the molecule is Cc1nc(C(C)NCCN2CCC(C)CC2)cs1. The highest BCUT2D eigenvalue weighted by atomic mass is 32.1. The van der Waals surface area contributed by atoms with Crippen LogP contribution in [0.25, 0.3) is 0 Å². The van der Waals surface area contributed by atoms with Crippen LogP contribution in [0.1, 0.15) is 43.4 Å². The second-order valence-electron chi connectivity index (χ2n) is 5.49. The zero-order chi connectivity index (χ0) is 13.0. The Morgan fingerprint density at radius 2 is 2.22 bits per heavy atom. The van der Waals surface area contributed by atoms with Crippen molar-refractivity contribution in [2.24, 2.45) is 5.92 Å². The van der Waals surface area contributed by atoms with Crippen LogP contribution in [0.5, 0.6) is 0 Å². The van der Waals surface area contributed by atoms with Gasteiger partial charge in [-0.25, -0.2) is 4.98 Å². The summed E-state index contributed by atoms with van der Waals surface area (Å²) in [6, 6.07) is 0.374. The molecule has 1 saturated heterocycles. The molecule has 1 aliphatic rings. The first-order chi connectivity index (χ1) is 8.65. The van der Waals surface area contributed by atoms with Crippen LogP contribution in [0.3, 0.4) is 0 Å². The van der Waals surface area contributed by atoms with Gasteiger partial charge in [-0.15, -0.1) is 11.3 Å². The molecule has 0 amide bonds. The van der Waals surface area contributed by atoms with E-state index in [-0.39, 0.29) is 0 Å². The maximum absolute atomic E-state index is 4.53. The number of rotatable bonds is 5. The summed E-state index contributed by atoms with van der Waals surface area (Å²) < 4.78 is 0. The van der Waals surface area contributed by atoms with Gasteiger partial charge in [0.2, 0.25) is 0 Å². The monoisotopic (exact) mass is 267 g/mol. The summed E-state index contributed by atoms with van der Waals surface area (Å²) in [7, 11) is 0. The summed E-state index contributed by atoms with van der Waals surface area (Å²) in [4.78, 5) is 7.10. The number of piperidine rings is 1. The molecule has 0 spiro atoms. The molecule has 0 bridgehead atoms. The van der Waals surface area contributed by atoms with E-state index in [0.29, 0.717) is 6.04 Å². The van der Waals surface area contributed by atoms with Gasteiger partial charge in [0.25, 0.3) is 0 Å². The number of aromatic nitrogens is 1. The van der Waals surface area contributed by atoms with Gasteiger partial charge in [-0.3, -0.25) is 0 Å². The summed E-state index contributed by atoms with van der Waals surface area (Å²) in [5.74, 6) is 0.922. The fraction of sp³-hybridized carbons (Fsp3) is 0.786. The van der Waals surface area contributed by atoms with Gasteiger partial charge in [0.15, 0.2) is 0 Å². The van der Waals surface area contributed by atoms with E-state index in [0.717, 1.165) is 17.5 Å². The summed E-state index contributed by atoms with van der Waals surface area (Å²) in [6.45, 7) is 11.4. The number of thiazole rings is 1. The van der Waals surface area contributed by atoms with E-state index >= 15 is 0 Å². The van der Waals surface area contributed by atoms with Crippen molar-refractivity contribution in [1.82, 2.24) is 15.2 Å². The lowest BCUT2D eigenvalue weighted by Gasteiger charge is -2.30. The van der Waals surface area contributed by atoms with Crippen molar-refractivity contribution in [3.63, 3.8) is 0 Å². The van der Waals surface area contributed by atoms with Crippen molar-refractivity contribution in [1.29, 1.82) is 0 Å². The molecule has 1 fully saturated rings. The average molecular weight is 267 g/mol. The van der Waals surface area contributed by atoms with E-state index in [4.69, 9.17) is 0 Å². The average Bonchev–Trinajstić information content (AvgIpc) is 2.78. The van der Waals surface area contributed by atoms with Crippen molar-refractivity contribution in [3.8, 4) is 0 Å². The van der Waals surface area contributed by atoms with Crippen LogP contribution in [0.15, 0.2) is 5.38 Å². The predicted octanol–water partition coefficient (Wildman–Crippen LogP) is 2.83. The highest BCUT2D eigenvalue weighted by Gasteiger charge is 2.15. The number of nitrogens with zero attached hydrogens (tertiary/aromatic N) is 2. The molecule has 1 aromatic rings. The van der Waals surface area contributed by atoms with Crippen LogP contribution in [0.4, 0.5) is 0 Å². The maximum Gasteiger partial charge on any atom is 0.0898 e. The van der Waals surface area contributed by atoms with Gasteiger partial charge in [0, 0.05) is 24.5 Å². The van der Waals surface area contributed by atoms with Gasteiger partial charge in [-0.1, -0.05) is 6.92 Å². The van der Waals surface area contributed by atoms with Crippen molar-refractivity contribution in [2.75, 3.05) is 26.2 Å². The molecule has 18 heavy (non-hydrogen) atoms. The number of aryl methyl sites for hydroxylation is 1. The molecule has 3 nitrogen and oxygen atoms in total. The molecule has 2 rings (SSSR count). The van der Waals surface area contributed by atoms with E-state index in [9.17, 15) is 0 Å². The van der Waals surface area contributed by atoms with Gasteiger partial charge in [-0.2, -0.15) is 0 Å². The molecule has 1 aromatic heterocycles. The van der Waals surface area contributed by atoms with E-state index in [1.54, 1.807) is 11.3 Å². The highest BCUT2D eigenvalue weighted by molar-refractivity contribution is 7.09. The van der Waals surface area contributed by atoms with Crippen LogP contribution < -0.4 is 5.32 Å². The normalized spacial score (nSPS) is 20.2. The summed E-state index contributed by atoms with van der Waals surface area (Å²) in [5.41, 5.74) is 1.18. The Labute approximate surface area is 115 Å². The lowest BCUT2D eigenvalue weighted by Crippen LogP contribution is -2.38. The minimum atomic E-state index is 0.374. The first-order valence-electron chi connectivity index (χ1n) is 7.03. The molecule has 0 aliphatic carbocycles. The van der Waals surface area contributed by atoms with Crippen LogP contribution >= 0.6 is 11.3 Å². The topological polar surface area (TPSA) is 28.2 Å². The summed E-state index contributed by atoms with van der Waals surface area (Å²) in [6.07, 6.45) is 2.72. The van der Waals surface area contributed by atoms with E-state index in [2.05, 4.69) is 41.4 Å². The molecular weight excluding hydrogens is 242 g/mol. The van der Waals surface area contributed by atoms with Crippen LogP contribution in [-0.2, 0) is 0 Å². The Bertz CT molecular complexity index is 356. The Balaban J connectivity index is 1.66. The first kappa shape index (κ1) is 14.0. The van der Waals surface area contributed by atoms with Crippen LogP contribution in [0.2, 0.25) is 0 Å². The first-order valence-corrected chi connectivity index (χ1v) is 7.91. The molecule has 1 N–H and O–H groups in total. The van der Waals surface area contributed by atoms with Gasteiger partial charge in [-0.05, 0) is 45.7 Å². The Hall–Kier alpha value is -0.450. The van der Waals surface area contributed by atoms with Gasteiger partial charge < -0.3 is 10.2 Å². The van der Waals surface area contributed by atoms with E-state index in [1.165, 1.54) is 38.2 Å². The van der Waals surface area contributed by atoms with Crippen molar-refractivity contribution < 1.29 is 0 Å². The minimum Gasteiger partial charge on any atom is -0.308 e. The molecule has 0 aromatic carbocycles. The Morgan fingerprint density at radius 3 is 2.83 bits per heavy atom. The van der Waals surface area contributed by atoms with Crippen LogP contribution in [0, 0.1) is 12.8 Å².